The van der Waals surface area contributed by atoms with Gasteiger partial charge in [0.15, 0.2) is 4.80 Å². The number of aromatic hydroxyl groups is 1. The summed E-state index contributed by atoms with van der Waals surface area (Å²) in [5, 5.41) is 21.3. The van der Waals surface area contributed by atoms with E-state index in [4.69, 9.17) is 4.74 Å². The highest BCUT2D eigenvalue weighted by Gasteiger charge is 2.33. The number of non-ortho nitro benzene ring substituents is 1. The molecule has 9 nitrogen and oxygen atoms in total. The van der Waals surface area contributed by atoms with Crippen LogP contribution in [-0.2, 0) is 9.53 Å². The Morgan fingerprint density at radius 2 is 2.03 bits per heavy atom. The Balaban J connectivity index is 1.96. The third-order valence-electron chi connectivity index (χ3n) is 5.14. The molecule has 0 amide bonds. The van der Waals surface area contributed by atoms with E-state index in [-0.39, 0.29) is 33.7 Å². The van der Waals surface area contributed by atoms with Gasteiger partial charge in [-0.15, -0.1) is 0 Å². The molecule has 1 aliphatic rings. The number of nitrogens with zero attached hydrogens (tertiary/aromatic N) is 3. The highest BCUT2D eigenvalue weighted by molar-refractivity contribution is 7.07. The molecule has 1 aliphatic heterocycles. The fraction of sp³-hybridized carbons (Fsp3) is 0.174. The van der Waals surface area contributed by atoms with Crippen molar-refractivity contribution in [2.75, 3.05) is 6.61 Å². The Morgan fingerprint density at radius 3 is 2.70 bits per heavy atom. The third kappa shape index (κ3) is 4.08. The monoisotopic (exact) mass is 465 g/mol. The van der Waals surface area contributed by atoms with Crippen LogP contribution in [0.25, 0.3) is 6.08 Å². The summed E-state index contributed by atoms with van der Waals surface area (Å²) < 4.78 is 6.87. The number of nitro benzene ring substituents is 1. The molecule has 1 atom stereocenters. The SMILES string of the molecule is CCOC(=O)C1=C(C)N=c2s/c(=C\c3cc([N+](=O)[O-])ccc3O)c(=O)n2[C@H]1c1ccccc1. The molecule has 4 rings (SSSR count). The van der Waals surface area contributed by atoms with Crippen molar-refractivity contribution < 1.29 is 19.6 Å². The zero-order valence-corrected chi connectivity index (χ0v) is 18.5. The molecule has 0 saturated heterocycles. The lowest BCUT2D eigenvalue weighted by atomic mass is 9.96. The molecule has 2 heterocycles. The normalized spacial score (nSPS) is 15.7. The van der Waals surface area contributed by atoms with E-state index < -0.39 is 22.5 Å². The van der Waals surface area contributed by atoms with Crippen molar-refractivity contribution in [1.29, 1.82) is 0 Å². The van der Waals surface area contributed by atoms with Gasteiger partial charge >= 0.3 is 5.97 Å². The first kappa shape index (κ1) is 22.2. The highest BCUT2D eigenvalue weighted by atomic mass is 32.1. The quantitative estimate of drug-likeness (QED) is 0.351. The predicted octanol–water partition coefficient (Wildman–Crippen LogP) is 2.41. The first-order valence-electron chi connectivity index (χ1n) is 10.0. The van der Waals surface area contributed by atoms with Gasteiger partial charge in [0.05, 0.1) is 33.4 Å². The minimum Gasteiger partial charge on any atom is -0.507 e. The number of phenols is 1. The largest absolute Gasteiger partial charge is 0.507 e. The summed E-state index contributed by atoms with van der Waals surface area (Å²) in [5.41, 5.74) is 0.892. The summed E-state index contributed by atoms with van der Waals surface area (Å²) in [6, 6.07) is 11.9. The van der Waals surface area contributed by atoms with Crippen LogP contribution in [0.5, 0.6) is 5.75 Å². The molecule has 0 saturated carbocycles. The third-order valence-corrected chi connectivity index (χ3v) is 6.12. The minimum absolute atomic E-state index is 0.132. The Labute approximate surface area is 191 Å². The van der Waals surface area contributed by atoms with Crippen LogP contribution in [0.4, 0.5) is 5.69 Å². The van der Waals surface area contributed by atoms with Gasteiger partial charge in [-0.3, -0.25) is 19.5 Å². The van der Waals surface area contributed by atoms with E-state index in [1.54, 1.807) is 13.8 Å². The number of rotatable bonds is 5. The molecule has 168 valence electrons. The van der Waals surface area contributed by atoms with Crippen LogP contribution in [0.2, 0.25) is 0 Å². The maximum Gasteiger partial charge on any atom is 0.338 e. The van der Waals surface area contributed by atoms with Crippen LogP contribution >= 0.6 is 11.3 Å². The number of thiazole rings is 1. The summed E-state index contributed by atoms with van der Waals surface area (Å²) in [6.45, 7) is 3.56. The summed E-state index contributed by atoms with van der Waals surface area (Å²) in [5.74, 6) is -0.757. The van der Waals surface area contributed by atoms with Gasteiger partial charge < -0.3 is 9.84 Å². The molecule has 1 aromatic heterocycles. The molecule has 0 bridgehead atoms. The lowest BCUT2D eigenvalue weighted by Gasteiger charge is -2.24. The van der Waals surface area contributed by atoms with Crippen LogP contribution in [0, 0.1) is 10.1 Å². The fourth-order valence-electron chi connectivity index (χ4n) is 3.65. The van der Waals surface area contributed by atoms with E-state index in [9.17, 15) is 24.8 Å². The molecule has 1 N–H and O–H groups in total. The van der Waals surface area contributed by atoms with E-state index in [0.29, 0.717) is 16.1 Å². The van der Waals surface area contributed by atoms with Gasteiger partial charge in [0.25, 0.3) is 11.2 Å². The second-order valence-electron chi connectivity index (χ2n) is 7.21. The van der Waals surface area contributed by atoms with Gasteiger partial charge in [0, 0.05) is 17.7 Å². The maximum atomic E-state index is 13.5. The van der Waals surface area contributed by atoms with Crippen molar-refractivity contribution in [3.63, 3.8) is 0 Å². The Morgan fingerprint density at radius 1 is 1.30 bits per heavy atom. The molecule has 0 spiro atoms. The molecule has 0 fully saturated rings. The van der Waals surface area contributed by atoms with Crippen molar-refractivity contribution in [3.05, 3.63) is 101 Å². The van der Waals surface area contributed by atoms with Crippen LogP contribution in [0.3, 0.4) is 0 Å². The molecule has 0 aliphatic carbocycles. The highest BCUT2D eigenvalue weighted by Crippen LogP contribution is 2.30. The minimum atomic E-state index is -0.748. The second-order valence-corrected chi connectivity index (χ2v) is 8.22. The van der Waals surface area contributed by atoms with Gasteiger partial charge in [0.1, 0.15) is 5.75 Å². The number of hydrogen-bond donors (Lipinski definition) is 1. The number of benzene rings is 2. The maximum absolute atomic E-state index is 13.5. The van der Waals surface area contributed by atoms with Crippen LogP contribution in [-0.4, -0.2) is 27.2 Å². The van der Waals surface area contributed by atoms with Gasteiger partial charge in [-0.05, 0) is 31.6 Å². The second kappa shape index (κ2) is 8.83. The van der Waals surface area contributed by atoms with Crippen molar-refractivity contribution in [3.8, 4) is 5.75 Å². The Hall–Kier alpha value is -4.05. The number of esters is 1. The number of carbonyl (C=O) groups is 1. The summed E-state index contributed by atoms with van der Waals surface area (Å²) in [6.07, 6.45) is 1.39. The van der Waals surface area contributed by atoms with E-state index in [1.807, 2.05) is 30.3 Å². The van der Waals surface area contributed by atoms with E-state index in [2.05, 4.69) is 4.99 Å². The molecule has 3 aromatic rings. The molecule has 10 heteroatoms. The number of fused-ring (bicyclic) bond motifs is 1. The number of nitro groups is 1. The Bertz CT molecular complexity index is 1470. The Kier molecular flexibility index (Phi) is 5.93. The van der Waals surface area contributed by atoms with Crippen LogP contribution < -0.4 is 14.9 Å². The van der Waals surface area contributed by atoms with Crippen molar-refractivity contribution in [2.24, 2.45) is 4.99 Å². The van der Waals surface area contributed by atoms with E-state index in [1.165, 1.54) is 28.8 Å². The number of phenolic OH excluding ortho intramolecular Hbond substituents is 1. The summed E-state index contributed by atoms with van der Waals surface area (Å²) in [4.78, 5) is 41.6. The lowest BCUT2D eigenvalue weighted by molar-refractivity contribution is -0.384. The zero-order chi connectivity index (χ0) is 23.7. The number of hydrogen-bond acceptors (Lipinski definition) is 8. The van der Waals surface area contributed by atoms with Crippen LogP contribution in [0.15, 0.2) is 69.6 Å². The van der Waals surface area contributed by atoms with Crippen LogP contribution in [0.1, 0.15) is 31.0 Å². The number of aromatic nitrogens is 1. The van der Waals surface area contributed by atoms with Crippen molar-refractivity contribution in [2.45, 2.75) is 19.9 Å². The first-order chi connectivity index (χ1) is 15.8. The number of carbonyl (C=O) groups excluding carboxylic acids is 1. The van der Waals surface area contributed by atoms with Gasteiger partial charge in [0.2, 0.25) is 0 Å². The van der Waals surface area contributed by atoms with E-state index >= 15 is 0 Å². The van der Waals surface area contributed by atoms with Gasteiger partial charge in [-0.25, -0.2) is 9.79 Å². The summed E-state index contributed by atoms with van der Waals surface area (Å²) in [7, 11) is 0. The smallest absolute Gasteiger partial charge is 0.338 e. The molecule has 0 radical (unpaired) electrons. The number of allylic oxidation sites excluding steroid dienone is 1. The molecule has 2 aromatic carbocycles. The van der Waals surface area contributed by atoms with Crippen molar-refractivity contribution in [1.82, 2.24) is 4.57 Å². The van der Waals surface area contributed by atoms with Gasteiger partial charge in [-0.2, -0.15) is 0 Å². The van der Waals surface area contributed by atoms with Crippen molar-refractivity contribution >= 4 is 29.1 Å². The standard InChI is InChI=1S/C23H19N3O6S/c1-3-32-22(29)19-13(2)24-23-25(20(19)14-7-5-4-6-8-14)21(28)18(33-23)12-15-11-16(26(30)31)9-10-17(15)27/h4-12,20,27H,3H2,1-2H3/b18-12-/t20-/m0/s1. The average molecular weight is 465 g/mol. The summed E-state index contributed by atoms with van der Waals surface area (Å²) >= 11 is 1.07. The van der Waals surface area contributed by atoms with Gasteiger partial charge in [-0.1, -0.05) is 41.7 Å². The fourth-order valence-corrected chi connectivity index (χ4v) is 4.69. The predicted molar refractivity (Wildman–Crippen MR) is 122 cm³/mol. The topological polar surface area (TPSA) is 124 Å². The first-order valence-corrected chi connectivity index (χ1v) is 10.9. The number of ether oxygens (including phenoxy) is 1. The molecular weight excluding hydrogens is 446 g/mol. The molecular formula is C23H19N3O6S. The van der Waals surface area contributed by atoms with E-state index in [0.717, 1.165) is 11.3 Å². The molecule has 0 unspecified atom stereocenters. The average Bonchev–Trinajstić information content (AvgIpc) is 3.09. The zero-order valence-electron chi connectivity index (χ0n) is 17.7. The molecule has 33 heavy (non-hydrogen) atoms. The lowest BCUT2D eigenvalue weighted by Crippen LogP contribution is -2.39.